The number of nitrogens with zero attached hydrogens (tertiary/aromatic N) is 1. The van der Waals surface area contributed by atoms with Gasteiger partial charge >= 0.3 is 0 Å². The Morgan fingerprint density at radius 3 is 2.26 bits per heavy atom. The van der Waals surface area contributed by atoms with Crippen LogP contribution in [0.3, 0.4) is 0 Å². The van der Waals surface area contributed by atoms with Crippen molar-refractivity contribution in [2.24, 2.45) is 16.3 Å². The minimum atomic E-state index is -0.322. The third-order valence-corrected chi connectivity index (χ3v) is 6.00. The van der Waals surface area contributed by atoms with Crippen LogP contribution in [-0.2, 0) is 4.79 Å². The molecule has 5 rings (SSSR count). The van der Waals surface area contributed by atoms with Crippen LogP contribution in [0, 0.1) is 11.3 Å². The van der Waals surface area contributed by atoms with Gasteiger partial charge in [-0.1, -0.05) is 68.4 Å². The summed E-state index contributed by atoms with van der Waals surface area (Å²) >= 11 is 0. The van der Waals surface area contributed by atoms with Crippen molar-refractivity contribution in [1.29, 1.82) is 0 Å². The van der Waals surface area contributed by atoms with E-state index in [2.05, 4.69) is 13.8 Å². The molecular weight excluding hydrogens is 334 g/mol. The van der Waals surface area contributed by atoms with Crippen molar-refractivity contribution in [2.45, 2.75) is 32.6 Å². The maximum Gasteiger partial charge on any atom is 0.192 e. The van der Waals surface area contributed by atoms with Crippen molar-refractivity contribution in [3.05, 3.63) is 76.9 Å². The van der Waals surface area contributed by atoms with Crippen LogP contribution in [0.5, 0.6) is 0 Å². The van der Waals surface area contributed by atoms with Gasteiger partial charge in [0.2, 0.25) is 0 Å². The zero-order chi connectivity index (χ0) is 18.8. The molecule has 3 heteroatoms. The number of fused-ring (bicyclic) bond motifs is 3. The van der Waals surface area contributed by atoms with Crippen LogP contribution in [0.15, 0.2) is 65.2 Å². The fraction of sp³-hybridized carbons (Fsp3) is 0.292. The first-order valence-corrected chi connectivity index (χ1v) is 9.50. The van der Waals surface area contributed by atoms with Crippen LogP contribution in [0.1, 0.15) is 54.1 Å². The Hall–Kier alpha value is -2.81. The minimum Gasteiger partial charge on any atom is -0.299 e. The van der Waals surface area contributed by atoms with E-state index in [4.69, 9.17) is 4.99 Å². The lowest BCUT2D eigenvalue weighted by Gasteiger charge is -2.40. The number of benzene rings is 2. The normalized spacial score (nSPS) is 25.6. The van der Waals surface area contributed by atoms with Crippen LogP contribution >= 0.6 is 0 Å². The van der Waals surface area contributed by atoms with E-state index in [1.807, 2.05) is 54.6 Å². The predicted molar refractivity (Wildman–Crippen MR) is 106 cm³/mol. The van der Waals surface area contributed by atoms with Gasteiger partial charge in [-0.2, -0.15) is 0 Å². The second-order valence-corrected chi connectivity index (χ2v) is 8.59. The SMILES string of the molecule is CC1(C)CC(=O)C2C(=NC3=C(C(=O)c4ccccc43)C2c2ccccc2)C1. The third kappa shape index (κ3) is 2.38. The van der Waals surface area contributed by atoms with Crippen molar-refractivity contribution < 1.29 is 9.59 Å². The van der Waals surface area contributed by atoms with E-state index in [-0.39, 0.29) is 28.8 Å². The van der Waals surface area contributed by atoms with Crippen molar-refractivity contribution in [1.82, 2.24) is 0 Å². The Bertz CT molecular complexity index is 1040. The van der Waals surface area contributed by atoms with Crippen molar-refractivity contribution in [3.63, 3.8) is 0 Å². The lowest BCUT2D eigenvalue weighted by atomic mass is 9.63. The van der Waals surface area contributed by atoms with Crippen molar-refractivity contribution in [2.75, 3.05) is 0 Å². The summed E-state index contributed by atoms with van der Waals surface area (Å²) in [6.07, 6.45) is 1.32. The summed E-state index contributed by atoms with van der Waals surface area (Å²) in [6.45, 7) is 4.25. The summed E-state index contributed by atoms with van der Waals surface area (Å²) < 4.78 is 0. The fourth-order valence-electron chi connectivity index (χ4n) is 4.94. The van der Waals surface area contributed by atoms with Crippen LogP contribution < -0.4 is 0 Å². The molecule has 1 fully saturated rings. The molecule has 2 atom stereocenters. The molecule has 3 aliphatic rings. The minimum absolute atomic E-state index is 0.0230. The second-order valence-electron chi connectivity index (χ2n) is 8.59. The maximum absolute atomic E-state index is 13.3. The van der Waals surface area contributed by atoms with Crippen LogP contribution in [0.2, 0.25) is 0 Å². The molecule has 2 aromatic rings. The smallest absolute Gasteiger partial charge is 0.192 e. The summed E-state index contributed by atoms with van der Waals surface area (Å²) in [7, 11) is 0. The zero-order valence-corrected chi connectivity index (χ0v) is 15.5. The number of hydrogen-bond acceptors (Lipinski definition) is 3. The standard InChI is InChI=1S/C24H21NO2/c1-24(2)12-17-20(18(26)13-24)19(14-8-4-3-5-9-14)21-22(25-17)15-10-6-7-11-16(15)23(21)27/h3-11,19-20H,12-13H2,1-2H3. The highest BCUT2D eigenvalue weighted by molar-refractivity contribution is 6.25. The Morgan fingerprint density at radius 1 is 0.852 bits per heavy atom. The Morgan fingerprint density at radius 2 is 1.52 bits per heavy atom. The first kappa shape index (κ1) is 16.4. The molecule has 134 valence electrons. The van der Waals surface area contributed by atoms with E-state index in [9.17, 15) is 9.59 Å². The predicted octanol–water partition coefficient (Wildman–Crippen LogP) is 4.84. The molecule has 3 nitrogen and oxygen atoms in total. The van der Waals surface area contributed by atoms with Gasteiger partial charge in [0.15, 0.2) is 5.78 Å². The molecular formula is C24H21NO2. The van der Waals surface area contributed by atoms with E-state index in [1.54, 1.807) is 0 Å². The molecule has 0 aromatic heterocycles. The van der Waals surface area contributed by atoms with Gasteiger partial charge in [-0.05, 0) is 17.4 Å². The number of carbonyl (C=O) groups excluding carboxylic acids is 2. The number of rotatable bonds is 1. The summed E-state index contributed by atoms with van der Waals surface area (Å²) in [4.78, 5) is 31.4. The van der Waals surface area contributed by atoms with Gasteiger partial charge in [-0.3, -0.25) is 14.6 Å². The second kappa shape index (κ2) is 5.59. The number of carbonyl (C=O) groups is 2. The zero-order valence-electron chi connectivity index (χ0n) is 15.5. The van der Waals surface area contributed by atoms with Crippen LogP contribution in [0.4, 0.5) is 0 Å². The molecule has 2 aromatic carbocycles. The Labute approximate surface area is 158 Å². The van der Waals surface area contributed by atoms with Gasteiger partial charge in [-0.15, -0.1) is 0 Å². The first-order chi connectivity index (χ1) is 13.0. The molecule has 1 heterocycles. The third-order valence-electron chi connectivity index (χ3n) is 6.00. The molecule has 0 N–H and O–H groups in total. The fourth-order valence-corrected chi connectivity index (χ4v) is 4.94. The summed E-state index contributed by atoms with van der Waals surface area (Å²) in [5.41, 5.74) is 4.96. The van der Waals surface area contributed by atoms with Crippen molar-refractivity contribution in [3.8, 4) is 0 Å². The average Bonchev–Trinajstić information content (AvgIpc) is 2.92. The first-order valence-electron chi connectivity index (χ1n) is 9.50. The number of Topliss-reactive ketones (excluding diaryl/α,β-unsaturated/α-hetero) is 2. The number of hydrogen-bond donors (Lipinski definition) is 0. The summed E-state index contributed by atoms with van der Waals surface area (Å²) in [6, 6.07) is 17.7. The van der Waals surface area contributed by atoms with E-state index in [1.165, 1.54) is 0 Å². The van der Waals surface area contributed by atoms with Crippen LogP contribution in [-0.4, -0.2) is 17.3 Å². The molecule has 2 aliphatic carbocycles. The lowest BCUT2D eigenvalue weighted by molar-refractivity contribution is -0.124. The molecule has 0 spiro atoms. The summed E-state index contributed by atoms with van der Waals surface area (Å²) in [5.74, 6) is -0.335. The molecule has 27 heavy (non-hydrogen) atoms. The molecule has 1 saturated carbocycles. The Kier molecular flexibility index (Phi) is 3.39. The number of ketones is 2. The number of allylic oxidation sites excluding steroid dienone is 1. The molecule has 1 aliphatic heterocycles. The van der Waals surface area contributed by atoms with E-state index >= 15 is 0 Å². The van der Waals surface area contributed by atoms with Gasteiger partial charge in [0.25, 0.3) is 0 Å². The van der Waals surface area contributed by atoms with Crippen molar-refractivity contribution >= 4 is 23.0 Å². The average molecular weight is 355 g/mol. The van der Waals surface area contributed by atoms with Gasteiger partial charge in [0, 0.05) is 34.8 Å². The van der Waals surface area contributed by atoms with Gasteiger partial charge in [0.05, 0.1) is 11.6 Å². The molecule has 0 saturated heterocycles. The quantitative estimate of drug-likeness (QED) is 0.735. The van der Waals surface area contributed by atoms with E-state index in [0.29, 0.717) is 17.6 Å². The topological polar surface area (TPSA) is 46.5 Å². The largest absolute Gasteiger partial charge is 0.299 e. The highest BCUT2D eigenvalue weighted by atomic mass is 16.1. The maximum atomic E-state index is 13.3. The molecule has 2 unspecified atom stereocenters. The Balaban J connectivity index is 1.76. The molecule has 0 amide bonds. The van der Waals surface area contributed by atoms with Gasteiger partial charge < -0.3 is 0 Å². The summed E-state index contributed by atoms with van der Waals surface area (Å²) in [5, 5.41) is 0. The number of aliphatic imine (C=N–C) groups is 1. The van der Waals surface area contributed by atoms with Crippen LogP contribution in [0.25, 0.3) is 5.70 Å². The highest BCUT2D eigenvalue weighted by Crippen LogP contribution is 2.51. The van der Waals surface area contributed by atoms with Gasteiger partial charge in [0.1, 0.15) is 5.78 Å². The van der Waals surface area contributed by atoms with E-state index in [0.717, 1.165) is 29.0 Å². The van der Waals surface area contributed by atoms with E-state index < -0.39 is 0 Å². The highest BCUT2D eigenvalue weighted by Gasteiger charge is 2.49. The molecule has 0 radical (unpaired) electrons. The monoisotopic (exact) mass is 355 g/mol. The lowest BCUT2D eigenvalue weighted by Crippen LogP contribution is -2.43. The van der Waals surface area contributed by atoms with Gasteiger partial charge in [-0.25, -0.2) is 0 Å². The molecule has 0 bridgehead atoms.